The third-order valence-corrected chi connectivity index (χ3v) is 3.79. The van der Waals surface area contributed by atoms with Crippen LogP contribution in [0.4, 0.5) is 4.79 Å². The second-order valence-electron chi connectivity index (χ2n) is 5.21. The van der Waals surface area contributed by atoms with E-state index in [9.17, 15) is 4.79 Å². The van der Waals surface area contributed by atoms with Crippen molar-refractivity contribution in [3.8, 4) is 0 Å². The van der Waals surface area contributed by atoms with Gasteiger partial charge in [-0.05, 0) is 35.9 Å². The molecule has 0 aliphatic carbocycles. The van der Waals surface area contributed by atoms with Gasteiger partial charge in [0.1, 0.15) is 11.8 Å². The molecule has 6 nitrogen and oxygen atoms in total. The molecule has 0 radical (unpaired) electrons. The SMILES string of the molecule is O=C(NCc1ccc(Cl)cc1)NCC(c1ccco1)n1cccn1. The van der Waals surface area contributed by atoms with E-state index in [1.807, 2.05) is 36.5 Å². The number of furan rings is 1. The lowest BCUT2D eigenvalue weighted by molar-refractivity contribution is 0.238. The molecule has 124 valence electrons. The largest absolute Gasteiger partial charge is 0.467 e. The zero-order chi connectivity index (χ0) is 16.8. The molecule has 3 aromatic rings. The van der Waals surface area contributed by atoms with Gasteiger partial charge in [-0.2, -0.15) is 5.10 Å². The highest BCUT2D eigenvalue weighted by molar-refractivity contribution is 6.30. The van der Waals surface area contributed by atoms with Gasteiger partial charge in [-0.15, -0.1) is 0 Å². The molecular weight excluding hydrogens is 328 g/mol. The number of benzene rings is 1. The monoisotopic (exact) mass is 344 g/mol. The molecule has 0 spiro atoms. The van der Waals surface area contributed by atoms with Crippen LogP contribution in [0.25, 0.3) is 0 Å². The van der Waals surface area contributed by atoms with Gasteiger partial charge in [0, 0.05) is 30.5 Å². The first-order valence-corrected chi connectivity index (χ1v) is 7.89. The maximum Gasteiger partial charge on any atom is 0.315 e. The summed E-state index contributed by atoms with van der Waals surface area (Å²) in [6.07, 6.45) is 5.13. The molecule has 0 fully saturated rings. The zero-order valence-electron chi connectivity index (χ0n) is 12.9. The minimum absolute atomic E-state index is 0.198. The average Bonchev–Trinajstić information content (AvgIpc) is 3.29. The van der Waals surface area contributed by atoms with Crippen molar-refractivity contribution in [1.82, 2.24) is 20.4 Å². The van der Waals surface area contributed by atoms with E-state index in [0.717, 1.165) is 11.3 Å². The Kier molecular flexibility index (Phi) is 5.18. The first kappa shape index (κ1) is 16.1. The fraction of sp³-hybridized carbons (Fsp3) is 0.176. The maximum absolute atomic E-state index is 12.0. The Balaban J connectivity index is 1.54. The highest BCUT2D eigenvalue weighted by Gasteiger charge is 2.17. The predicted octanol–water partition coefficient (Wildman–Crippen LogP) is 3.22. The predicted molar refractivity (Wildman–Crippen MR) is 90.8 cm³/mol. The van der Waals surface area contributed by atoms with Crippen LogP contribution < -0.4 is 10.6 Å². The van der Waals surface area contributed by atoms with E-state index in [0.29, 0.717) is 18.1 Å². The van der Waals surface area contributed by atoms with Crippen molar-refractivity contribution < 1.29 is 9.21 Å². The Bertz CT molecular complexity index is 720. The van der Waals surface area contributed by atoms with Crippen LogP contribution in [0.3, 0.4) is 0 Å². The lowest BCUT2D eigenvalue weighted by atomic mass is 10.2. The van der Waals surface area contributed by atoms with E-state index in [1.165, 1.54) is 0 Å². The number of nitrogens with one attached hydrogen (secondary N) is 2. The maximum atomic E-state index is 12.0. The van der Waals surface area contributed by atoms with E-state index < -0.39 is 0 Å². The molecule has 0 aliphatic rings. The number of urea groups is 1. The van der Waals surface area contributed by atoms with Gasteiger partial charge in [-0.3, -0.25) is 4.68 Å². The number of halogens is 1. The number of hydrogen-bond acceptors (Lipinski definition) is 3. The Morgan fingerprint density at radius 3 is 2.71 bits per heavy atom. The quantitative estimate of drug-likeness (QED) is 0.721. The van der Waals surface area contributed by atoms with E-state index >= 15 is 0 Å². The molecule has 7 heteroatoms. The molecule has 2 aromatic heterocycles. The van der Waals surface area contributed by atoms with Crippen LogP contribution in [0.5, 0.6) is 0 Å². The smallest absolute Gasteiger partial charge is 0.315 e. The summed E-state index contributed by atoms with van der Waals surface area (Å²) >= 11 is 5.84. The third kappa shape index (κ3) is 4.17. The number of hydrogen-bond donors (Lipinski definition) is 2. The van der Waals surface area contributed by atoms with Crippen LogP contribution in [-0.2, 0) is 6.54 Å². The van der Waals surface area contributed by atoms with Crippen molar-refractivity contribution in [2.24, 2.45) is 0 Å². The molecule has 24 heavy (non-hydrogen) atoms. The van der Waals surface area contributed by atoms with E-state index in [4.69, 9.17) is 16.0 Å². The lowest BCUT2D eigenvalue weighted by Gasteiger charge is -2.16. The normalized spacial score (nSPS) is 11.9. The highest BCUT2D eigenvalue weighted by Crippen LogP contribution is 2.17. The van der Waals surface area contributed by atoms with E-state index in [-0.39, 0.29) is 12.1 Å². The summed E-state index contributed by atoms with van der Waals surface area (Å²) in [4.78, 5) is 12.0. The molecule has 2 N–H and O–H groups in total. The molecule has 0 saturated carbocycles. The van der Waals surface area contributed by atoms with Crippen LogP contribution in [0.1, 0.15) is 17.4 Å². The molecule has 0 aliphatic heterocycles. The summed E-state index contributed by atoms with van der Waals surface area (Å²) in [5.41, 5.74) is 0.976. The molecular formula is C17H17ClN4O2. The summed E-state index contributed by atoms with van der Waals surface area (Å²) in [7, 11) is 0. The average molecular weight is 345 g/mol. The fourth-order valence-corrected chi connectivity index (χ4v) is 2.43. The van der Waals surface area contributed by atoms with Gasteiger partial charge in [-0.1, -0.05) is 23.7 Å². The van der Waals surface area contributed by atoms with Crippen molar-refractivity contribution in [3.05, 3.63) is 77.5 Å². The Labute approximate surface area is 144 Å². The van der Waals surface area contributed by atoms with Crippen molar-refractivity contribution >= 4 is 17.6 Å². The third-order valence-electron chi connectivity index (χ3n) is 3.54. The van der Waals surface area contributed by atoms with Crippen LogP contribution in [0.15, 0.2) is 65.5 Å². The first-order chi connectivity index (χ1) is 11.7. The van der Waals surface area contributed by atoms with Gasteiger partial charge in [0.05, 0.1) is 6.26 Å². The van der Waals surface area contributed by atoms with Crippen molar-refractivity contribution in [2.45, 2.75) is 12.6 Å². The van der Waals surface area contributed by atoms with Gasteiger partial charge in [0.2, 0.25) is 0 Å². The van der Waals surface area contributed by atoms with Crippen molar-refractivity contribution in [2.75, 3.05) is 6.54 Å². The molecule has 2 amide bonds. The van der Waals surface area contributed by atoms with Crippen molar-refractivity contribution in [3.63, 3.8) is 0 Å². The van der Waals surface area contributed by atoms with Crippen LogP contribution in [0, 0.1) is 0 Å². The molecule has 0 bridgehead atoms. The summed E-state index contributed by atoms with van der Waals surface area (Å²) in [6.45, 7) is 0.790. The topological polar surface area (TPSA) is 72.1 Å². The number of amides is 2. The second-order valence-corrected chi connectivity index (χ2v) is 5.64. The van der Waals surface area contributed by atoms with Crippen LogP contribution >= 0.6 is 11.6 Å². The van der Waals surface area contributed by atoms with Gasteiger partial charge in [0.15, 0.2) is 0 Å². The number of nitrogens with zero attached hydrogens (tertiary/aromatic N) is 2. The molecule has 0 saturated heterocycles. The lowest BCUT2D eigenvalue weighted by Crippen LogP contribution is -2.38. The van der Waals surface area contributed by atoms with Crippen molar-refractivity contribution in [1.29, 1.82) is 0 Å². The number of carbonyl (C=O) groups excluding carboxylic acids is 1. The zero-order valence-corrected chi connectivity index (χ0v) is 13.6. The standard InChI is InChI=1S/C17H17ClN4O2/c18-14-6-4-13(5-7-14)11-19-17(23)20-12-15(16-3-1-10-24-16)22-9-2-8-21-22/h1-10,15H,11-12H2,(H2,19,20,23). The Morgan fingerprint density at radius 1 is 1.21 bits per heavy atom. The number of carbonyl (C=O) groups is 1. The Hall–Kier alpha value is -2.73. The summed E-state index contributed by atoms with van der Waals surface area (Å²) in [5.74, 6) is 0.733. The summed E-state index contributed by atoms with van der Waals surface area (Å²) < 4.78 is 7.20. The number of rotatable bonds is 6. The second kappa shape index (κ2) is 7.70. The first-order valence-electron chi connectivity index (χ1n) is 7.51. The fourth-order valence-electron chi connectivity index (χ4n) is 2.31. The Morgan fingerprint density at radius 2 is 2.04 bits per heavy atom. The van der Waals surface area contributed by atoms with E-state index in [2.05, 4.69) is 15.7 Å². The summed E-state index contributed by atoms with van der Waals surface area (Å²) in [6, 6.07) is 12.4. The number of aromatic nitrogens is 2. The minimum atomic E-state index is -0.256. The van der Waals surface area contributed by atoms with Crippen LogP contribution in [-0.4, -0.2) is 22.4 Å². The molecule has 3 rings (SSSR count). The molecule has 2 heterocycles. The van der Waals surface area contributed by atoms with Crippen LogP contribution in [0.2, 0.25) is 5.02 Å². The van der Waals surface area contributed by atoms with Gasteiger partial charge in [0.25, 0.3) is 0 Å². The van der Waals surface area contributed by atoms with E-state index in [1.54, 1.807) is 29.3 Å². The molecule has 1 aromatic carbocycles. The van der Waals surface area contributed by atoms with Gasteiger partial charge in [-0.25, -0.2) is 4.79 Å². The molecule has 1 atom stereocenters. The minimum Gasteiger partial charge on any atom is -0.467 e. The molecule has 1 unspecified atom stereocenters. The highest BCUT2D eigenvalue weighted by atomic mass is 35.5. The van der Waals surface area contributed by atoms with Gasteiger partial charge >= 0.3 is 6.03 Å². The van der Waals surface area contributed by atoms with Gasteiger partial charge < -0.3 is 15.1 Å². The summed E-state index contributed by atoms with van der Waals surface area (Å²) in [5, 5.41) is 10.5.